The average molecular weight is 264 g/mol. The maximum atomic E-state index is 12.8. The third-order valence-electron chi connectivity index (χ3n) is 3.83. The fraction of sp³-hybridized carbons (Fsp3) is 0.125. The molecule has 0 radical (unpaired) electrons. The molecule has 2 aliphatic rings. The second kappa shape index (κ2) is 3.70. The quantitative estimate of drug-likeness (QED) is 0.733. The summed E-state index contributed by atoms with van der Waals surface area (Å²) in [5.41, 5.74) is 0.591. The van der Waals surface area contributed by atoms with Gasteiger partial charge in [0.1, 0.15) is 11.5 Å². The first-order valence-electron chi connectivity index (χ1n) is 6.43. The standard InChI is InChI=1S/C16H12N2O2/c1-18-10-17-16(15(18)19)11-6-2-4-8-13(11)20-14-9-5-3-7-12(14)16/h2-10H,1H3. The van der Waals surface area contributed by atoms with Crippen molar-refractivity contribution in [1.82, 2.24) is 4.90 Å². The minimum Gasteiger partial charge on any atom is -0.457 e. The molecule has 0 fully saturated rings. The highest BCUT2D eigenvalue weighted by atomic mass is 16.5. The molecule has 1 amide bonds. The number of carbonyl (C=O) groups excluding carboxylic acids is 1. The van der Waals surface area contributed by atoms with E-state index in [0.29, 0.717) is 11.5 Å². The molecule has 2 heterocycles. The van der Waals surface area contributed by atoms with Gasteiger partial charge in [-0.05, 0) is 12.1 Å². The van der Waals surface area contributed by atoms with Crippen LogP contribution in [-0.4, -0.2) is 24.2 Å². The average Bonchev–Trinajstić information content (AvgIpc) is 2.78. The Kier molecular flexibility index (Phi) is 2.07. The summed E-state index contributed by atoms with van der Waals surface area (Å²) in [5.74, 6) is 1.32. The van der Waals surface area contributed by atoms with Crippen LogP contribution in [-0.2, 0) is 10.3 Å². The van der Waals surface area contributed by atoms with E-state index in [1.165, 1.54) is 4.90 Å². The summed E-state index contributed by atoms with van der Waals surface area (Å²) in [7, 11) is 1.72. The van der Waals surface area contributed by atoms with Gasteiger partial charge in [-0.3, -0.25) is 4.79 Å². The van der Waals surface area contributed by atoms with Crippen LogP contribution in [0.3, 0.4) is 0 Å². The summed E-state index contributed by atoms with van der Waals surface area (Å²) in [6.45, 7) is 0. The smallest absolute Gasteiger partial charge is 0.264 e. The van der Waals surface area contributed by atoms with Gasteiger partial charge in [0, 0.05) is 18.2 Å². The van der Waals surface area contributed by atoms with Crippen molar-refractivity contribution in [2.24, 2.45) is 4.99 Å². The first-order chi connectivity index (χ1) is 9.73. The number of nitrogens with zero attached hydrogens (tertiary/aromatic N) is 2. The minimum atomic E-state index is -1.000. The number of benzene rings is 2. The van der Waals surface area contributed by atoms with Crippen LogP contribution in [0.25, 0.3) is 0 Å². The van der Waals surface area contributed by atoms with Crippen LogP contribution in [0.15, 0.2) is 53.5 Å². The molecule has 20 heavy (non-hydrogen) atoms. The van der Waals surface area contributed by atoms with E-state index in [9.17, 15) is 4.79 Å². The Bertz CT molecular complexity index is 706. The van der Waals surface area contributed by atoms with Crippen molar-refractivity contribution in [2.75, 3.05) is 7.05 Å². The number of amides is 1. The normalized spacial score (nSPS) is 17.9. The Morgan fingerprint density at radius 3 is 2.05 bits per heavy atom. The fourth-order valence-electron chi connectivity index (χ4n) is 2.88. The van der Waals surface area contributed by atoms with Gasteiger partial charge < -0.3 is 9.64 Å². The van der Waals surface area contributed by atoms with Gasteiger partial charge in [0.05, 0.1) is 6.34 Å². The zero-order valence-corrected chi connectivity index (χ0v) is 10.9. The van der Waals surface area contributed by atoms with Crippen LogP contribution in [0, 0.1) is 0 Å². The van der Waals surface area contributed by atoms with Gasteiger partial charge in [-0.15, -0.1) is 0 Å². The molecule has 0 unspecified atom stereocenters. The van der Waals surface area contributed by atoms with Gasteiger partial charge in [0.2, 0.25) is 0 Å². The molecule has 0 aliphatic carbocycles. The third kappa shape index (κ3) is 1.20. The fourth-order valence-corrected chi connectivity index (χ4v) is 2.88. The Morgan fingerprint density at radius 2 is 1.55 bits per heavy atom. The number of hydrogen-bond donors (Lipinski definition) is 0. The molecular weight excluding hydrogens is 252 g/mol. The molecule has 0 saturated heterocycles. The van der Waals surface area contributed by atoms with E-state index < -0.39 is 5.54 Å². The Labute approximate surface area is 116 Å². The minimum absolute atomic E-state index is 0.0549. The van der Waals surface area contributed by atoms with Crippen LogP contribution in [0.4, 0.5) is 0 Å². The first-order valence-corrected chi connectivity index (χ1v) is 6.43. The SMILES string of the molecule is CN1C=NC2(C1=O)c1ccccc1Oc1ccccc12. The lowest BCUT2D eigenvalue weighted by Gasteiger charge is -2.33. The summed E-state index contributed by atoms with van der Waals surface area (Å²) in [4.78, 5) is 18.8. The molecule has 2 aromatic rings. The molecule has 2 aromatic carbocycles. The highest BCUT2D eigenvalue weighted by Crippen LogP contribution is 2.50. The van der Waals surface area contributed by atoms with Gasteiger partial charge in [-0.2, -0.15) is 0 Å². The van der Waals surface area contributed by atoms with Crippen molar-refractivity contribution in [3.05, 3.63) is 59.7 Å². The monoisotopic (exact) mass is 264 g/mol. The highest BCUT2D eigenvalue weighted by Gasteiger charge is 2.52. The maximum Gasteiger partial charge on any atom is 0.264 e. The van der Waals surface area contributed by atoms with Gasteiger partial charge in [-0.25, -0.2) is 4.99 Å². The van der Waals surface area contributed by atoms with E-state index >= 15 is 0 Å². The van der Waals surface area contributed by atoms with Crippen LogP contribution < -0.4 is 4.74 Å². The Morgan fingerprint density at radius 1 is 1.00 bits per heavy atom. The summed E-state index contributed by atoms with van der Waals surface area (Å²) in [6, 6.07) is 15.1. The van der Waals surface area contributed by atoms with Crippen molar-refractivity contribution < 1.29 is 9.53 Å². The Balaban J connectivity index is 2.08. The molecule has 4 nitrogen and oxygen atoms in total. The zero-order valence-electron chi connectivity index (χ0n) is 10.9. The lowest BCUT2D eigenvalue weighted by molar-refractivity contribution is -0.129. The van der Waals surface area contributed by atoms with Gasteiger partial charge >= 0.3 is 0 Å². The van der Waals surface area contributed by atoms with Crippen molar-refractivity contribution in [1.29, 1.82) is 0 Å². The third-order valence-corrected chi connectivity index (χ3v) is 3.83. The molecule has 0 aromatic heterocycles. The predicted molar refractivity (Wildman–Crippen MR) is 75.0 cm³/mol. The van der Waals surface area contributed by atoms with Crippen LogP contribution in [0.5, 0.6) is 11.5 Å². The Hall–Kier alpha value is -2.62. The second-order valence-electron chi connectivity index (χ2n) is 4.97. The number of fused-ring (bicyclic) bond motifs is 4. The number of rotatable bonds is 0. The van der Waals surface area contributed by atoms with E-state index in [0.717, 1.165) is 11.1 Å². The van der Waals surface area contributed by atoms with Crippen molar-refractivity contribution in [3.8, 4) is 11.5 Å². The molecule has 0 atom stereocenters. The molecular formula is C16H12N2O2. The van der Waals surface area contributed by atoms with E-state index in [1.807, 2.05) is 48.5 Å². The van der Waals surface area contributed by atoms with E-state index in [4.69, 9.17) is 4.74 Å². The second-order valence-corrected chi connectivity index (χ2v) is 4.97. The predicted octanol–water partition coefficient (Wildman–Crippen LogP) is 2.54. The van der Waals surface area contributed by atoms with Gasteiger partial charge in [0.25, 0.3) is 5.91 Å². The molecule has 4 rings (SSSR count). The van der Waals surface area contributed by atoms with Gasteiger partial charge in [0.15, 0.2) is 5.54 Å². The molecule has 98 valence electrons. The van der Waals surface area contributed by atoms with Crippen molar-refractivity contribution in [2.45, 2.75) is 5.54 Å². The van der Waals surface area contributed by atoms with Crippen molar-refractivity contribution in [3.63, 3.8) is 0 Å². The summed E-state index contributed by atoms with van der Waals surface area (Å²) >= 11 is 0. The van der Waals surface area contributed by atoms with Crippen LogP contribution in [0.2, 0.25) is 0 Å². The molecule has 0 saturated carbocycles. The number of carbonyl (C=O) groups is 1. The maximum absolute atomic E-state index is 12.8. The highest BCUT2D eigenvalue weighted by molar-refractivity contribution is 6.04. The first kappa shape index (κ1) is 11.2. The molecule has 4 heteroatoms. The topological polar surface area (TPSA) is 41.9 Å². The van der Waals surface area contributed by atoms with Crippen LogP contribution >= 0.6 is 0 Å². The molecule has 0 bridgehead atoms. The van der Waals surface area contributed by atoms with E-state index in [2.05, 4.69) is 4.99 Å². The molecule has 0 N–H and O–H groups in total. The summed E-state index contributed by atoms with van der Waals surface area (Å²) in [6.07, 6.45) is 1.58. The van der Waals surface area contributed by atoms with Crippen molar-refractivity contribution >= 4 is 12.2 Å². The van der Waals surface area contributed by atoms with E-state index in [-0.39, 0.29) is 5.91 Å². The largest absolute Gasteiger partial charge is 0.457 e. The number of hydrogen-bond acceptors (Lipinski definition) is 3. The molecule has 1 spiro atoms. The molecule has 2 aliphatic heterocycles. The summed E-state index contributed by atoms with van der Waals surface area (Å²) < 4.78 is 5.90. The van der Waals surface area contributed by atoms with Gasteiger partial charge in [-0.1, -0.05) is 36.4 Å². The number of para-hydroxylation sites is 2. The number of likely N-dealkylation sites (N-methyl/N-ethyl adjacent to an activating group) is 1. The zero-order chi connectivity index (χ0) is 13.7. The lowest BCUT2D eigenvalue weighted by atomic mass is 9.80. The lowest BCUT2D eigenvalue weighted by Crippen LogP contribution is -2.40. The summed E-state index contributed by atoms with van der Waals surface area (Å²) in [5, 5.41) is 0. The van der Waals surface area contributed by atoms with Crippen LogP contribution in [0.1, 0.15) is 11.1 Å². The number of ether oxygens (including phenoxy) is 1. The number of aliphatic imine (C=N–C) groups is 1. The van der Waals surface area contributed by atoms with E-state index in [1.54, 1.807) is 13.4 Å².